The molecule has 2 aliphatic carbocycles. The highest BCUT2D eigenvalue weighted by atomic mass is 16.6. The van der Waals surface area contributed by atoms with Crippen molar-refractivity contribution < 1.29 is 43.3 Å². The minimum Gasteiger partial charge on any atom is -0.481 e. The zero-order valence-electron chi connectivity index (χ0n) is 28.5. The number of nitrogens with zero attached hydrogens (tertiary/aromatic N) is 5. The second-order valence-electron chi connectivity index (χ2n) is 12.9. The van der Waals surface area contributed by atoms with Crippen LogP contribution < -0.4 is 15.4 Å². The number of benzene rings is 1. The number of hydrogen-bond acceptors (Lipinski definition) is 9. The van der Waals surface area contributed by atoms with E-state index in [1.165, 1.54) is 20.5 Å². The summed E-state index contributed by atoms with van der Waals surface area (Å²) in [5, 5.41) is 19.3. The van der Waals surface area contributed by atoms with Crippen molar-refractivity contribution in [3.63, 3.8) is 0 Å². The molecule has 1 atom stereocenters. The molecular weight excluding hydrogens is 650 g/mol. The maximum atomic E-state index is 13.5. The first kappa shape index (κ1) is 36.1. The maximum absolute atomic E-state index is 13.5. The topological polar surface area (TPSA) is 193 Å². The number of rotatable bonds is 14. The fourth-order valence-electron chi connectivity index (χ4n) is 6.28. The fourth-order valence-corrected chi connectivity index (χ4v) is 6.28. The first-order chi connectivity index (χ1) is 24.0. The Balaban J connectivity index is 1.27. The zero-order valence-corrected chi connectivity index (χ0v) is 28.5. The first-order valence-corrected chi connectivity index (χ1v) is 17.1. The molecule has 1 aromatic carbocycles. The van der Waals surface area contributed by atoms with Gasteiger partial charge in [-0.3, -0.25) is 24.0 Å². The molecule has 5 rings (SSSR count). The van der Waals surface area contributed by atoms with Crippen molar-refractivity contribution in [1.29, 1.82) is 0 Å². The van der Waals surface area contributed by atoms with Crippen molar-refractivity contribution in [1.82, 2.24) is 35.1 Å². The summed E-state index contributed by atoms with van der Waals surface area (Å²) >= 11 is 0. The number of para-hydroxylation sites is 1. The van der Waals surface area contributed by atoms with Gasteiger partial charge in [0.1, 0.15) is 11.6 Å². The van der Waals surface area contributed by atoms with Crippen LogP contribution in [0.2, 0.25) is 0 Å². The molecule has 3 N–H and O–H groups in total. The second kappa shape index (κ2) is 16.0. The molecule has 1 aromatic heterocycles. The molecule has 16 heteroatoms. The van der Waals surface area contributed by atoms with E-state index in [4.69, 9.17) is 9.47 Å². The third-order valence-electron chi connectivity index (χ3n) is 9.57. The van der Waals surface area contributed by atoms with Crippen LogP contribution in [-0.2, 0) is 23.9 Å². The van der Waals surface area contributed by atoms with Gasteiger partial charge in [-0.15, -0.1) is 0 Å². The van der Waals surface area contributed by atoms with Crippen LogP contribution in [0.5, 0.6) is 5.88 Å². The smallest absolute Gasteiger partial charge is 0.409 e. The highest BCUT2D eigenvalue weighted by Crippen LogP contribution is 2.36. The van der Waals surface area contributed by atoms with E-state index in [1.54, 1.807) is 49.2 Å². The highest BCUT2D eigenvalue weighted by Gasteiger charge is 2.48. The molecule has 5 amide bonds. The molecule has 16 nitrogen and oxygen atoms in total. The Morgan fingerprint density at radius 2 is 1.70 bits per heavy atom. The third-order valence-corrected chi connectivity index (χ3v) is 9.57. The number of hydrogen-bond donors (Lipinski definition) is 3. The summed E-state index contributed by atoms with van der Waals surface area (Å²) < 4.78 is 12.3. The summed E-state index contributed by atoms with van der Waals surface area (Å²) in [5.41, 5.74) is -0.552. The average molecular weight is 696 g/mol. The number of piperazine rings is 1. The van der Waals surface area contributed by atoms with Gasteiger partial charge in [0, 0.05) is 51.8 Å². The number of nitrogens with one attached hydrogen (secondary N) is 2. The van der Waals surface area contributed by atoms with Gasteiger partial charge in [0.2, 0.25) is 17.7 Å². The minimum absolute atomic E-state index is 0.0700. The molecule has 0 radical (unpaired) electrons. The summed E-state index contributed by atoms with van der Waals surface area (Å²) in [6, 6.07) is 9.14. The van der Waals surface area contributed by atoms with Gasteiger partial charge in [0.05, 0.1) is 12.3 Å². The minimum atomic E-state index is -1.18. The zero-order chi connectivity index (χ0) is 35.8. The molecular formula is C34H45N7O9. The van der Waals surface area contributed by atoms with Crippen LogP contribution in [0.4, 0.5) is 4.79 Å². The van der Waals surface area contributed by atoms with Crippen LogP contribution in [-0.4, -0.2) is 129 Å². The van der Waals surface area contributed by atoms with Gasteiger partial charge >= 0.3 is 12.1 Å². The molecule has 0 bridgehead atoms. The summed E-state index contributed by atoms with van der Waals surface area (Å²) in [6.45, 7) is 2.30. The molecule has 0 unspecified atom stereocenters. The van der Waals surface area contributed by atoms with Crippen LogP contribution in [0.3, 0.4) is 0 Å². The number of amides is 5. The van der Waals surface area contributed by atoms with Gasteiger partial charge < -0.3 is 39.9 Å². The summed E-state index contributed by atoms with van der Waals surface area (Å²) in [5.74, 6) is -2.88. The second-order valence-corrected chi connectivity index (χ2v) is 12.9. The van der Waals surface area contributed by atoms with Crippen molar-refractivity contribution in [2.45, 2.75) is 75.9 Å². The Morgan fingerprint density at radius 1 is 1.02 bits per heavy atom. The van der Waals surface area contributed by atoms with Crippen LogP contribution in [0, 0.1) is 0 Å². The van der Waals surface area contributed by atoms with Crippen molar-refractivity contribution in [2.24, 2.45) is 0 Å². The molecule has 270 valence electrons. The van der Waals surface area contributed by atoms with Gasteiger partial charge in [0.25, 0.3) is 11.8 Å². The maximum Gasteiger partial charge on any atom is 0.409 e. The lowest BCUT2D eigenvalue weighted by atomic mass is 9.74. The molecule has 1 saturated heterocycles. The fraction of sp³-hybridized carbons (Fsp3) is 0.559. The van der Waals surface area contributed by atoms with E-state index in [-0.39, 0.29) is 69.2 Å². The van der Waals surface area contributed by atoms with Gasteiger partial charge in [-0.05, 0) is 64.0 Å². The standard InChI is InChI=1S/C34H45N7O9/c1-3-49-33(48)40-19-17-39(18-20-40)31(46)25(13-14-29(43)44)35-30(45)26-21-28(41(37-26)24-9-5-4-6-10-24)50-22-27(42)36-34(15-8-16-34)32(47)38(2)23-11-7-12-23/h4-6,9-10,21,23,25H,3,7-8,11-20,22H2,1-2H3,(H,35,45)(H,36,42)(H,43,44)/t25-/m0/s1. The third kappa shape index (κ3) is 8.34. The molecule has 2 heterocycles. The van der Waals surface area contributed by atoms with Crippen LogP contribution >= 0.6 is 0 Å². The summed E-state index contributed by atoms with van der Waals surface area (Å²) in [6.07, 6.45) is 3.89. The number of aromatic nitrogens is 2. The SMILES string of the molecule is CCOC(=O)N1CCN(C(=O)[C@H](CCC(=O)O)NC(=O)c2cc(OCC(=O)NC3(C(=O)N(C)C4CCC4)CCC3)n(-c3ccccc3)n2)CC1. The Labute approximate surface area is 290 Å². The number of carboxylic acid groups (broad SMARTS) is 1. The van der Waals surface area contributed by atoms with Crippen molar-refractivity contribution in [3.8, 4) is 11.6 Å². The predicted octanol–water partition coefficient (Wildman–Crippen LogP) is 1.56. The van der Waals surface area contributed by atoms with Crippen molar-refractivity contribution in [2.75, 3.05) is 46.4 Å². The largest absolute Gasteiger partial charge is 0.481 e. The monoisotopic (exact) mass is 695 g/mol. The lowest BCUT2D eigenvalue weighted by Gasteiger charge is -2.46. The Kier molecular flexibility index (Phi) is 11.6. The van der Waals surface area contributed by atoms with E-state index in [9.17, 15) is 33.9 Å². The van der Waals surface area contributed by atoms with Gasteiger partial charge in [-0.2, -0.15) is 5.10 Å². The van der Waals surface area contributed by atoms with E-state index >= 15 is 0 Å². The van der Waals surface area contributed by atoms with Crippen molar-refractivity contribution >= 4 is 35.7 Å². The molecule has 3 aliphatic rings. The normalized spacial score (nSPS) is 17.4. The highest BCUT2D eigenvalue weighted by molar-refractivity contribution is 5.97. The molecule has 50 heavy (non-hydrogen) atoms. The first-order valence-electron chi connectivity index (χ1n) is 17.1. The van der Waals surface area contributed by atoms with E-state index in [2.05, 4.69) is 15.7 Å². The van der Waals surface area contributed by atoms with E-state index in [0.717, 1.165) is 25.7 Å². The summed E-state index contributed by atoms with van der Waals surface area (Å²) in [4.78, 5) is 81.7. The Morgan fingerprint density at radius 3 is 2.28 bits per heavy atom. The number of likely N-dealkylation sites (N-methyl/N-ethyl adjacent to an activating group) is 1. The lowest BCUT2D eigenvalue weighted by Crippen LogP contribution is -2.65. The molecule has 1 aliphatic heterocycles. The molecule has 2 saturated carbocycles. The molecule has 3 fully saturated rings. The van der Waals surface area contributed by atoms with Crippen molar-refractivity contribution in [3.05, 3.63) is 42.1 Å². The van der Waals surface area contributed by atoms with Gasteiger partial charge in [-0.25, -0.2) is 9.48 Å². The van der Waals surface area contributed by atoms with Gasteiger partial charge in [0.15, 0.2) is 12.3 Å². The van der Waals surface area contributed by atoms with Gasteiger partial charge in [-0.1, -0.05) is 18.2 Å². The van der Waals surface area contributed by atoms with Crippen LogP contribution in [0.25, 0.3) is 5.69 Å². The van der Waals surface area contributed by atoms with E-state index < -0.39 is 48.0 Å². The predicted molar refractivity (Wildman–Crippen MR) is 177 cm³/mol. The number of carboxylic acids is 1. The number of aliphatic carboxylic acids is 1. The molecule has 2 aromatic rings. The lowest BCUT2D eigenvalue weighted by molar-refractivity contribution is -0.148. The summed E-state index contributed by atoms with van der Waals surface area (Å²) in [7, 11) is 1.78. The number of ether oxygens (including phenoxy) is 2. The van der Waals surface area contributed by atoms with E-state index in [1.807, 2.05) is 0 Å². The quantitative estimate of drug-likeness (QED) is 0.261. The number of carbonyl (C=O) groups is 6. The average Bonchev–Trinajstić information content (AvgIpc) is 3.51. The Hall–Kier alpha value is -5.15. The Bertz CT molecular complexity index is 1560. The molecule has 0 spiro atoms. The number of carbonyl (C=O) groups excluding carboxylic acids is 5. The van der Waals surface area contributed by atoms with Crippen LogP contribution in [0.1, 0.15) is 68.8 Å². The van der Waals surface area contributed by atoms with E-state index in [0.29, 0.717) is 18.5 Å². The van der Waals surface area contributed by atoms with Crippen LogP contribution in [0.15, 0.2) is 36.4 Å².